The van der Waals surface area contributed by atoms with E-state index in [0.717, 1.165) is 5.56 Å². The zero-order chi connectivity index (χ0) is 21.7. The third-order valence-electron chi connectivity index (χ3n) is 5.08. The first-order valence-corrected chi connectivity index (χ1v) is 10.1. The van der Waals surface area contributed by atoms with Gasteiger partial charge < -0.3 is 20.7 Å². The molecule has 158 valence electrons. The maximum absolute atomic E-state index is 13.0. The Morgan fingerprint density at radius 2 is 1.93 bits per heavy atom. The van der Waals surface area contributed by atoms with Gasteiger partial charge in [0.1, 0.15) is 0 Å². The van der Waals surface area contributed by atoms with Crippen LogP contribution >= 0.6 is 11.6 Å². The monoisotopic (exact) mass is 429 g/mol. The fraction of sp³-hybridized carbons (Fsp3) is 0.318. The van der Waals surface area contributed by atoms with Crippen LogP contribution < -0.4 is 11.1 Å². The van der Waals surface area contributed by atoms with Crippen molar-refractivity contribution in [2.24, 2.45) is 11.7 Å². The lowest BCUT2D eigenvalue weighted by Crippen LogP contribution is -2.45. The molecular weight excluding hydrogens is 406 g/mol. The van der Waals surface area contributed by atoms with Crippen molar-refractivity contribution in [3.63, 3.8) is 0 Å². The number of primary amides is 1. The molecule has 3 amide bonds. The lowest BCUT2D eigenvalue weighted by Gasteiger charge is -2.31. The molecular formula is C22H24ClN3O4. The van der Waals surface area contributed by atoms with Crippen LogP contribution in [-0.2, 0) is 14.3 Å². The zero-order valence-electron chi connectivity index (χ0n) is 16.6. The van der Waals surface area contributed by atoms with Gasteiger partial charge in [-0.3, -0.25) is 9.59 Å². The molecule has 1 aliphatic heterocycles. The van der Waals surface area contributed by atoms with E-state index in [1.165, 1.54) is 4.90 Å². The SMILES string of the molecule is Cc1ccc(NC(=O)[C@@H](OC(=O)[C@H]2CCCN(C(N)=O)C2)c2ccccc2)cc1Cl. The van der Waals surface area contributed by atoms with Crippen LogP contribution in [0.2, 0.25) is 5.02 Å². The van der Waals surface area contributed by atoms with Crippen LogP contribution in [0.1, 0.15) is 30.1 Å². The van der Waals surface area contributed by atoms with Crippen LogP contribution in [0.25, 0.3) is 0 Å². The summed E-state index contributed by atoms with van der Waals surface area (Å²) >= 11 is 6.14. The summed E-state index contributed by atoms with van der Waals surface area (Å²) in [5.41, 5.74) is 7.28. The zero-order valence-corrected chi connectivity index (χ0v) is 17.4. The highest BCUT2D eigenvalue weighted by atomic mass is 35.5. The smallest absolute Gasteiger partial charge is 0.314 e. The molecule has 2 aromatic carbocycles. The Hall–Kier alpha value is -3.06. The summed E-state index contributed by atoms with van der Waals surface area (Å²) < 4.78 is 5.63. The van der Waals surface area contributed by atoms with Crippen molar-refractivity contribution in [2.75, 3.05) is 18.4 Å². The van der Waals surface area contributed by atoms with Crippen molar-refractivity contribution in [3.05, 3.63) is 64.7 Å². The number of carbonyl (C=O) groups excluding carboxylic acids is 3. The number of benzene rings is 2. The van der Waals surface area contributed by atoms with Crippen molar-refractivity contribution >= 4 is 35.2 Å². The highest BCUT2D eigenvalue weighted by Crippen LogP contribution is 2.26. The summed E-state index contributed by atoms with van der Waals surface area (Å²) in [6, 6.07) is 13.4. The minimum atomic E-state index is -1.14. The highest BCUT2D eigenvalue weighted by molar-refractivity contribution is 6.31. The normalized spacial score (nSPS) is 17.1. The first-order chi connectivity index (χ1) is 14.3. The molecule has 1 fully saturated rings. The molecule has 30 heavy (non-hydrogen) atoms. The van der Waals surface area contributed by atoms with Crippen molar-refractivity contribution < 1.29 is 19.1 Å². The molecule has 7 nitrogen and oxygen atoms in total. The minimum absolute atomic E-state index is 0.185. The number of nitrogens with two attached hydrogens (primary N) is 1. The largest absolute Gasteiger partial charge is 0.447 e. The van der Waals surface area contributed by atoms with Crippen molar-refractivity contribution in [1.29, 1.82) is 0 Å². The van der Waals surface area contributed by atoms with Gasteiger partial charge in [0.05, 0.1) is 5.92 Å². The van der Waals surface area contributed by atoms with E-state index in [1.54, 1.807) is 42.5 Å². The van der Waals surface area contributed by atoms with Crippen molar-refractivity contribution in [1.82, 2.24) is 4.90 Å². The number of ether oxygens (including phenoxy) is 1. The second kappa shape index (κ2) is 9.63. The van der Waals surface area contributed by atoms with Crippen LogP contribution in [0.5, 0.6) is 0 Å². The maximum atomic E-state index is 13.0. The first-order valence-electron chi connectivity index (χ1n) is 9.72. The summed E-state index contributed by atoms with van der Waals surface area (Å²) in [5.74, 6) is -1.55. The molecule has 2 aromatic rings. The number of anilines is 1. The van der Waals surface area contributed by atoms with E-state index >= 15 is 0 Å². The van der Waals surface area contributed by atoms with E-state index in [4.69, 9.17) is 22.1 Å². The van der Waals surface area contributed by atoms with E-state index in [0.29, 0.717) is 35.7 Å². The molecule has 0 aromatic heterocycles. The Morgan fingerprint density at radius 3 is 2.60 bits per heavy atom. The minimum Gasteiger partial charge on any atom is -0.447 e. The van der Waals surface area contributed by atoms with E-state index in [2.05, 4.69) is 5.32 Å². The lowest BCUT2D eigenvalue weighted by molar-refractivity contribution is -0.160. The molecule has 0 unspecified atom stereocenters. The molecule has 0 bridgehead atoms. The van der Waals surface area contributed by atoms with E-state index in [-0.39, 0.29) is 6.54 Å². The number of hydrogen-bond acceptors (Lipinski definition) is 4. The van der Waals surface area contributed by atoms with Crippen molar-refractivity contribution in [3.8, 4) is 0 Å². The van der Waals surface area contributed by atoms with Gasteiger partial charge in [-0.2, -0.15) is 0 Å². The maximum Gasteiger partial charge on any atom is 0.314 e. The van der Waals surface area contributed by atoms with Crippen LogP contribution in [0.3, 0.4) is 0 Å². The number of hydrogen-bond donors (Lipinski definition) is 2. The quantitative estimate of drug-likeness (QED) is 0.708. The van der Waals surface area contributed by atoms with Gasteiger partial charge in [0.15, 0.2) is 0 Å². The molecule has 1 aliphatic rings. The van der Waals surface area contributed by atoms with Gasteiger partial charge in [0.2, 0.25) is 6.10 Å². The Labute approximate surface area is 180 Å². The van der Waals surface area contributed by atoms with Gasteiger partial charge in [-0.15, -0.1) is 0 Å². The third kappa shape index (κ3) is 5.30. The van der Waals surface area contributed by atoms with Crippen LogP contribution in [0.15, 0.2) is 48.5 Å². The average Bonchev–Trinajstić information content (AvgIpc) is 2.75. The third-order valence-corrected chi connectivity index (χ3v) is 5.49. The molecule has 2 atom stereocenters. The number of aryl methyl sites for hydroxylation is 1. The molecule has 1 heterocycles. The fourth-order valence-corrected chi connectivity index (χ4v) is 3.54. The number of nitrogens with zero attached hydrogens (tertiary/aromatic N) is 1. The van der Waals surface area contributed by atoms with Gasteiger partial charge in [-0.05, 0) is 37.5 Å². The number of amides is 3. The first kappa shape index (κ1) is 21.6. The van der Waals surface area contributed by atoms with E-state index < -0.39 is 29.9 Å². The molecule has 0 aliphatic carbocycles. The fourth-order valence-electron chi connectivity index (χ4n) is 3.36. The van der Waals surface area contributed by atoms with E-state index in [9.17, 15) is 14.4 Å². The molecule has 8 heteroatoms. The number of esters is 1. The Morgan fingerprint density at radius 1 is 1.20 bits per heavy atom. The molecule has 3 N–H and O–H groups in total. The number of carbonyl (C=O) groups is 3. The summed E-state index contributed by atoms with van der Waals surface area (Å²) in [4.78, 5) is 38.7. The molecule has 0 saturated carbocycles. The summed E-state index contributed by atoms with van der Waals surface area (Å²) in [6.07, 6.45) is 0.0780. The number of urea groups is 1. The number of halogens is 1. The van der Waals surface area contributed by atoms with Gasteiger partial charge in [0, 0.05) is 29.4 Å². The predicted molar refractivity (Wildman–Crippen MR) is 114 cm³/mol. The van der Waals surface area contributed by atoms with Gasteiger partial charge >= 0.3 is 12.0 Å². The van der Waals surface area contributed by atoms with E-state index in [1.807, 2.05) is 13.0 Å². The van der Waals surface area contributed by atoms with Gasteiger partial charge in [0.25, 0.3) is 5.91 Å². The summed E-state index contributed by atoms with van der Waals surface area (Å²) in [6.45, 7) is 2.56. The summed E-state index contributed by atoms with van der Waals surface area (Å²) in [7, 11) is 0. The second-order valence-electron chi connectivity index (χ2n) is 7.30. The predicted octanol–water partition coefficient (Wildman–Crippen LogP) is 3.66. The Kier molecular flexibility index (Phi) is 6.95. The molecule has 0 spiro atoms. The number of likely N-dealkylation sites (tertiary alicyclic amines) is 1. The van der Waals surface area contributed by atoms with Gasteiger partial charge in [-0.1, -0.05) is 48.0 Å². The van der Waals surface area contributed by atoms with Crippen molar-refractivity contribution in [2.45, 2.75) is 25.9 Å². The second-order valence-corrected chi connectivity index (χ2v) is 7.71. The Balaban J connectivity index is 1.77. The number of rotatable bonds is 5. The van der Waals surface area contributed by atoms with Gasteiger partial charge in [-0.25, -0.2) is 4.79 Å². The lowest BCUT2D eigenvalue weighted by atomic mass is 9.98. The highest BCUT2D eigenvalue weighted by Gasteiger charge is 2.33. The Bertz CT molecular complexity index is 935. The van der Waals surface area contributed by atoms with Crippen LogP contribution in [-0.4, -0.2) is 35.9 Å². The standard InChI is InChI=1S/C22H24ClN3O4/c1-14-9-10-17(12-18(14)23)25-20(27)19(15-6-3-2-4-7-15)30-21(28)16-8-5-11-26(13-16)22(24)29/h2-4,6-7,9-10,12,16,19H,5,8,11,13H2,1H3,(H2,24,29)(H,25,27)/t16-,19-/m0/s1. The van der Waals surface area contributed by atoms with Crippen LogP contribution in [0.4, 0.5) is 10.5 Å². The molecule has 1 saturated heterocycles. The topological polar surface area (TPSA) is 102 Å². The summed E-state index contributed by atoms with van der Waals surface area (Å²) in [5, 5.41) is 3.28. The molecule has 3 rings (SSSR count). The number of nitrogens with one attached hydrogen (secondary N) is 1. The van der Waals surface area contributed by atoms with Crippen LogP contribution in [0, 0.1) is 12.8 Å². The molecule has 0 radical (unpaired) electrons. The average molecular weight is 430 g/mol. The number of piperidine rings is 1.